The van der Waals surface area contributed by atoms with E-state index in [2.05, 4.69) is 5.18 Å². The molecule has 0 amide bonds. The molecular weight excluding hydrogens is 310 g/mol. The Morgan fingerprint density at radius 3 is 2.27 bits per heavy atom. The van der Waals surface area contributed by atoms with Crippen molar-refractivity contribution in [3.05, 3.63) is 28.7 Å². The molecule has 8 heteroatoms. The Bertz CT molecular complexity index is 765. The molecule has 1 saturated carbocycles. The largest absolute Gasteiger partial charge is 0.298 e. The zero-order valence-corrected chi connectivity index (χ0v) is 12.6. The van der Waals surface area contributed by atoms with Crippen LogP contribution in [0.2, 0.25) is 0 Å². The second-order valence-electron chi connectivity index (χ2n) is 5.13. The van der Waals surface area contributed by atoms with Gasteiger partial charge in [0.25, 0.3) is 0 Å². The van der Waals surface area contributed by atoms with E-state index in [0.717, 1.165) is 24.5 Å². The fraction of sp³-hybridized carbons (Fsp3) is 0.357. The molecule has 1 aliphatic carbocycles. The van der Waals surface area contributed by atoms with Gasteiger partial charge in [-0.15, -0.1) is 4.91 Å². The molecule has 0 saturated heterocycles. The van der Waals surface area contributed by atoms with Gasteiger partial charge in [-0.05, 0) is 29.8 Å². The summed E-state index contributed by atoms with van der Waals surface area (Å²) >= 11 is 0. The van der Waals surface area contributed by atoms with E-state index in [1.54, 1.807) is 0 Å². The molecule has 7 nitrogen and oxygen atoms in total. The fourth-order valence-corrected chi connectivity index (χ4v) is 3.02. The summed E-state index contributed by atoms with van der Waals surface area (Å²) in [4.78, 5) is 46.7. The number of Topliss-reactive ketones (excluding diaryl/α,β-unsaturated/α-hetero) is 3. The van der Waals surface area contributed by atoms with Gasteiger partial charge in [-0.2, -0.15) is 0 Å². The molecule has 0 bridgehead atoms. The highest BCUT2D eigenvalue weighted by atomic mass is 32.2. The van der Waals surface area contributed by atoms with Crippen molar-refractivity contribution in [2.24, 2.45) is 11.1 Å². The SMILES string of the molecule is CS(=O)(=O)c1ccc(C(=O)C2C(=O)CCCC2=O)c(N=O)c1. The van der Waals surface area contributed by atoms with Crippen LogP contribution < -0.4 is 0 Å². The van der Waals surface area contributed by atoms with Crippen molar-refractivity contribution in [1.29, 1.82) is 0 Å². The summed E-state index contributed by atoms with van der Waals surface area (Å²) in [6.07, 6.45) is 1.63. The van der Waals surface area contributed by atoms with Crippen LogP contribution in [0.15, 0.2) is 28.3 Å². The van der Waals surface area contributed by atoms with Crippen molar-refractivity contribution in [2.75, 3.05) is 6.26 Å². The second kappa shape index (κ2) is 5.88. The van der Waals surface area contributed by atoms with E-state index >= 15 is 0 Å². The molecular formula is C14H13NO6S. The highest BCUT2D eigenvalue weighted by Crippen LogP contribution is 2.29. The zero-order chi connectivity index (χ0) is 16.5. The number of hydrogen-bond acceptors (Lipinski definition) is 7. The Morgan fingerprint density at radius 1 is 1.18 bits per heavy atom. The Labute approximate surface area is 126 Å². The van der Waals surface area contributed by atoms with E-state index in [-0.39, 0.29) is 29.0 Å². The highest BCUT2D eigenvalue weighted by molar-refractivity contribution is 7.90. The lowest BCUT2D eigenvalue weighted by atomic mass is 9.81. The van der Waals surface area contributed by atoms with Gasteiger partial charge in [0.1, 0.15) is 11.6 Å². The smallest absolute Gasteiger partial charge is 0.183 e. The molecule has 1 aliphatic rings. The normalized spacial score (nSPS) is 16.6. The third-order valence-electron chi connectivity index (χ3n) is 3.51. The average Bonchev–Trinajstić information content (AvgIpc) is 2.45. The zero-order valence-electron chi connectivity index (χ0n) is 11.7. The van der Waals surface area contributed by atoms with Crippen LogP contribution in [0, 0.1) is 10.8 Å². The molecule has 22 heavy (non-hydrogen) atoms. The Hall–Kier alpha value is -2.22. The molecule has 1 fully saturated rings. The summed E-state index contributed by atoms with van der Waals surface area (Å²) in [7, 11) is -3.57. The summed E-state index contributed by atoms with van der Waals surface area (Å²) in [6.45, 7) is 0. The number of benzene rings is 1. The monoisotopic (exact) mass is 323 g/mol. The van der Waals surface area contributed by atoms with Crippen LogP contribution in [0.3, 0.4) is 0 Å². The first kappa shape index (κ1) is 16.2. The first-order chi connectivity index (χ1) is 10.3. The molecule has 0 aliphatic heterocycles. The van der Waals surface area contributed by atoms with E-state index in [1.165, 1.54) is 0 Å². The summed E-state index contributed by atoms with van der Waals surface area (Å²) in [5, 5.41) is 2.65. The van der Waals surface area contributed by atoms with Crippen molar-refractivity contribution in [2.45, 2.75) is 24.2 Å². The minimum atomic E-state index is -3.57. The van der Waals surface area contributed by atoms with Crippen LogP contribution in [-0.4, -0.2) is 32.0 Å². The molecule has 0 N–H and O–H groups in total. The molecule has 2 rings (SSSR count). The number of nitrogens with zero attached hydrogens (tertiary/aromatic N) is 1. The van der Waals surface area contributed by atoms with Crippen molar-refractivity contribution >= 4 is 32.9 Å². The van der Waals surface area contributed by atoms with Gasteiger partial charge < -0.3 is 0 Å². The van der Waals surface area contributed by atoms with E-state index in [0.29, 0.717) is 6.42 Å². The molecule has 0 heterocycles. The lowest BCUT2D eigenvalue weighted by Crippen LogP contribution is -2.35. The molecule has 0 radical (unpaired) electrons. The summed E-state index contributed by atoms with van der Waals surface area (Å²) in [5.74, 6) is -3.18. The van der Waals surface area contributed by atoms with Crippen molar-refractivity contribution < 1.29 is 22.8 Å². The maximum Gasteiger partial charge on any atom is 0.183 e. The number of hydrogen-bond donors (Lipinski definition) is 0. The molecule has 116 valence electrons. The second-order valence-corrected chi connectivity index (χ2v) is 7.14. The number of nitroso groups, excluding NO2 is 1. The van der Waals surface area contributed by atoms with Crippen LogP contribution in [0.5, 0.6) is 0 Å². The van der Waals surface area contributed by atoms with Gasteiger partial charge >= 0.3 is 0 Å². The summed E-state index contributed by atoms with van der Waals surface area (Å²) in [5.41, 5.74) is -0.602. The highest BCUT2D eigenvalue weighted by Gasteiger charge is 2.37. The third-order valence-corrected chi connectivity index (χ3v) is 4.62. The van der Waals surface area contributed by atoms with Gasteiger partial charge in [0, 0.05) is 24.7 Å². The summed E-state index contributed by atoms with van der Waals surface area (Å²) < 4.78 is 22.9. The fourth-order valence-electron chi connectivity index (χ4n) is 2.38. The van der Waals surface area contributed by atoms with Crippen LogP contribution in [0.4, 0.5) is 5.69 Å². The maximum absolute atomic E-state index is 12.4. The Morgan fingerprint density at radius 2 is 1.77 bits per heavy atom. The molecule has 0 unspecified atom stereocenters. The van der Waals surface area contributed by atoms with Crippen molar-refractivity contribution in [3.63, 3.8) is 0 Å². The van der Waals surface area contributed by atoms with E-state index in [4.69, 9.17) is 0 Å². The molecule has 1 aromatic carbocycles. The van der Waals surface area contributed by atoms with Crippen LogP contribution in [0.1, 0.15) is 29.6 Å². The van der Waals surface area contributed by atoms with E-state index in [9.17, 15) is 27.7 Å². The lowest BCUT2D eigenvalue weighted by molar-refractivity contribution is -0.133. The third kappa shape index (κ3) is 3.01. The van der Waals surface area contributed by atoms with Gasteiger partial charge in [-0.25, -0.2) is 8.42 Å². The first-order valence-electron chi connectivity index (χ1n) is 6.53. The standard InChI is InChI=1S/C14H13NO6S/c1-22(20,21)8-5-6-9(10(7-8)15-19)14(18)13-11(16)3-2-4-12(13)17/h5-7,13H,2-4H2,1H3. The molecule has 0 aromatic heterocycles. The van der Waals surface area contributed by atoms with Gasteiger partial charge in [-0.1, -0.05) is 0 Å². The van der Waals surface area contributed by atoms with Gasteiger partial charge in [-0.3, -0.25) is 14.4 Å². The maximum atomic E-state index is 12.4. The van der Waals surface area contributed by atoms with E-state index < -0.39 is 33.1 Å². The predicted molar refractivity (Wildman–Crippen MR) is 76.7 cm³/mol. The Kier molecular flexibility index (Phi) is 4.32. The first-order valence-corrected chi connectivity index (χ1v) is 8.42. The lowest BCUT2D eigenvalue weighted by Gasteiger charge is -2.18. The number of sulfone groups is 1. The molecule has 0 spiro atoms. The van der Waals surface area contributed by atoms with Crippen LogP contribution in [-0.2, 0) is 19.4 Å². The van der Waals surface area contributed by atoms with Gasteiger partial charge in [0.05, 0.1) is 4.90 Å². The summed E-state index contributed by atoms with van der Waals surface area (Å²) in [6, 6.07) is 3.23. The van der Waals surface area contributed by atoms with Crippen LogP contribution >= 0.6 is 0 Å². The van der Waals surface area contributed by atoms with Gasteiger partial charge in [0.15, 0.2) is 27.2 Å². The van der Waals surface area contributed by atoms with E-state index in [1.807, 2.05) is 0 Å². The molecule has 1 aromatic rings. The van der Waals surface area contributed by atoms with Crippen molar-refractivity contribution in [1.82, 2.24) is 0 Å². The van der Waals surface area contributed by atoms with Crippen LogP contribution in [0.25, 0.3) is 0 Å². The van der Waals surface area contributed by atoms with Crippen molar-refractivity contribution in [3.8, 4) is 0 Å². The number of carbonyl (C=O) groups excluding carboxylic acids is 3. The number of rotatable bonds is 4. The predicted octanol–water partition coefficient (Wildman–Crippen LogP) is 1.61. The number of ketones is 3. The minimum Gasteiger partial charge on any atom is -0.298 e. The number of carbonyl (C=O) groups is 3. The Balaban J connectivity index is 2.48. The van der Waals surface area contributed by atoms with Gasteiger partial charge in [0.2, 0.25) is 0 Å². The average molecular weight is 323 g/mol. The topological polar surface area (TPSA) is 115 Å². The quantitative estimate of drug-likeness (QED) is 0.472. The molecule has 0 atom stereocenters. The minimum absolute atomic E-state index is 0.132.